The Morgan fingerprint density at radius 1 is 0.860 bits per heavy atom. The highest BCUT2D eigenvalue weighted by Crippen LogP contribution is 2.37. The monoisotopic (exact) mass is 696 g/mol. The third-order valence-corrected chi connectivity index (χ3v) is 10.7. The fourth-order valence-electron chi connectivity index (χ4n) is 7.99. The molecule has 50 heavy (non-hydrogen) atoms. The number of aldehydes is 1. The van der Waals surface area contributed by atoms with Gasteiger partial charge >= 0.3 is 0 Å². The zero-order valence-electron chi connectivity index (χ0n) is 30.7. The molecule has 9 N–H and O–H groups in total. The molecule has 11 nitrogen and oxygen atoms in total. The minimum atomic E-state index is -2.10. The molecule has 6 atom stereocenters. The topological polar surface area (TPSA) is 200 Å². The number of hydrogen-bond acceptors (Lipinski definition) is 9. The maximum atomic E-state index is 14.4. The van der Waals surface area contributed by atoms with Gasteiger partial charge in [-0.1, -0.05) is 95.5 Å². The van der Waals surface area contributed by atoms with Crippen molar-refractivity contribution in [2.24, 2.45) is 35.0 Å². The quantitative estimate of drug-likeness (QED) is 0.0634. The van der Waals surface area contributed by atoms with E-state index in [2.05, 4.69) is 16.0 Å². The summed E-state index contributed by atoms with van der Waals surface area (Å²) in [7, 11) is 0. The third kappa shape index (κ3) is 12.1. The summed E-state index contributed by atoms with van der Waals surface area (Å²) in [6, 6.07) is 6.13. The number of nitrogens with one attached hydrogen (secondary N) is 3. The molecule has 2 saturated carbocycles. The Hall–Kier alpha value is -2.99. The van der Waals surface area contributed by atoms with E-state index in [-0.39, 0.29) is 23.8 Å². The Morgan fingerprint density at radius 2 is 1.46 bits per heavy atom. The van der Waals surface area contributed by atoms with Gasteiger partial charge < -0.3 is 37.9 Å². The van der Waals surface area contributed by atoms with E-state index in [1.54, 1.807) is 6.92 Å². The molecule has 0 spiro atoms. The van der Waals surface area contributed by atoms with Gasteiger partial charge in [0, 0.05) is 6.04 Å². The summed E-state index contributed by atoms with van der Waals surface area (Å²) in [5.74, 6) is -3.04. The number of carbonyl (C=O) groups excluding carboxylic acids is 5. The molecule has 280 valence electrons. The maximum absolute atomic E-state index is 14.4. The number of carbonyl (C=O) groups is 5. The third-order valence-electron chi connectivity index (χ3n) is 10.7. The predicted molar refractivity (Wildman–Crippen MR) is 197 cm³/mol. The fraction of sp³-hybridized carbons (Fsp3) is 0.718. The number of nitrogens with two attached hydrogens (primary N) is 3. The molecular formula is C39H64N6O5. The Kier molecular flexibility index (Phi) is 17.2. The predicted octanol–water partition coefficient (Wildman–Crippen LogP) is 3.24. The van der Waals surface area contributed by atoms with Crippen molar-refractivity contribution in [2.45, 2.75) is 153 Å². The van der Waals surface area contributed by atoms with Gasteiger partial charge in [-0.2, -0.15) is 0 Å². The van der Waals surface area contributed by atoms with Gasteiger partial charge in [-0.25, -0.2) is 0 Å². The van der Waals surface area contributed by atoms with Gasteiger partial charge in [0.05, 0.1) is 24.0 Å². The summed E-state index contributed by atoms with van der Waals surface area (Å²) >= 11 is 0. The SMILES string of the molecule is CC(C)N[C@@H](Cc1ccccc1)C(=O)N[C@@H](CCCCN)C(=O)N[C@@H](C)C(=O)C(C1CCCCC1)[C@](N)(C=O)C(=O)[C@H](N)CC1CCCCC1. The molecule has 2 aliphatic carbocycles. The van der Waals surface area contributed by atoms with Crippen LogP contribution in [0.1, 0.15) is 116 Å². The number of Topliss-reactive ketones (excluding diaryl/α,β-unsaturated/α-hetero) is 2. The molecule has 2 amide bonds. The van der Waals surface area contributed by atoms with E-state index in [0.29, 0.717) is 57.8 Å². The van der Waals surface area contributed by atoms with E-state index < -0.39 is 53.1 Å². The van der Waals surface area contributed by atoms with Gasteiger partial charge in [0.25, 0.3) is 0 Å². The number of unbranched alkanes of at least 4 members (excludes halogenated alkanes) is 1. The highest BCUT2D eigenvalue weighted by Gasteiger charge is 2.52. The molecule has 0 saturated heterocycles. The minimum Gasteiger partial charge on any atom is -0.345 e. The second-order valence-corrected chi connectivity index (χ2v) is 15.2. The summed E-state index contributed by atoms with van der Waals surface area (Å²) < 4.78 is 0. The highest BCUT2D eigenvalue weighted by atomic mass is 16.2. The summed E-state index contributed by atoms with van der Waals surface area (Å²) in [5, 5.41) is 9.07. The highest BCUT2D eigenvalue weighted by molar-refractivity contribution is 6.10. The second kappa shape index (κ2) is 20.8. The first-order chi connectivity index (χ1) is 23.9. The molecule has 0 heterocycles. The molecule has 0 aromatic heterocycles. The fourth-order valence-corrected chi connectivity index (χ4v) is 7.99. The van der Waals surface area contributed by atoms with Crippen molar-refractivity contribution in [2.75, 3.05) is 6.54 Å². The van der Waals surface area contributed by atoms with Crippen molar-refractivity contribution in [3.05, 3.63) is 35.9 Å². The van der Waals surface area contributed by atoms with Crippen molar-refractivity contribution >= 4 is 29.7 Å². The van der Waals surface area contributed by atoms with E-state index >= 15 is 0 Å². The lowest BCUT2D eigenvalue weighted by atomic mass is 9.65. The molecule has 11 heteroatoms. The molecule has 1 aromatic carbocycles. The van der Waals surface area contributed by atoms with Gasteiger partial charge in [-0.05, 0) is 75.8 Å². The molecule has 0 radical (unpaired) electrons. The van der Waals surface area contributed by atoms with Crippen molar-refractivity contribution in [3.63, 3.8) is 0 Å². The van der Waals surface area contributed by atoms with Crippen LogP contribution in [-0.2, 0) is 30.4 Å². The standard InChI is InChI=1S/C39H64N6O5/c1-26(2)43-33(24-29-17-9-5-10-18-29)38(50)45-32(21-13-14-22-40)37(49)44-27(3)35(47)34(30-19-11-6-12-20-30)39(42,25-46)36(48)31(41)23-28-15-7-4-8-16-28/h5,9-10,17-18,25-28,30-34,43H,4,6-8,11-16,19-24,40-42H2,1-3H3,(H,44,49)(H,45,50)/t27-,31+,32-,33-,34?,39+/m0/s1. The molecule has 1 aromatic rings. The molecule has 3 rings (SSSR count). The number of hydrogen-bond donors (Lipinski definition) is 6. The Morgan fingerprint density at radius 3 is 2.04 bits per heavy atom. The van der Waals surface area contributed by atoms with E-state index in [4.69, 9.17) is 17.2 Å². The van der Waals surface area contributed by atoms with Gasteiger partial charge in [0.1, 0.15) is 17.9 Å². The van der Waals surface area contributed by atoms with E-state index in [0.717, 1.165) is 56.9 Å². The van der Waals surface area contributed by atoms with Crippen LogP contribution in [0.5, 0.6) is 0 Å². The Balaban J connectivity index is 1.81. The van der Waals surface area contributed by atoms with Gasteiger partial charge in [-0.3, -0.25) is 19.2 Å². The van der Waals surface area contributed by atoms with Crippen molar-refractivity contribution in [1.29, 1.82) is 0 Å². The first-order valence-corrected chi connectivity index (χ1v) is 19.1. The lowest BCUT2D eigenvalue weighted by molar-refractivity contribution is -0.143. The van der Waals surface area contributed by atoms with E-state index in [1.165, 1.54) is 0 Å². The summed E-state index contributed by atoms with van der Waals surface area (Å²) in [5.41, 5.74) is 17.8. The molecule has 1 unspecified atom stereocenters. The number of benzene rings is 1. The van der Waals surface area contributed by atoms with Crippen LogP contribution in [-0.4, -0.2) is 72.0 Å². The van der Waals surface area contributed by atoms with Crippen LogP contribution in [0.25, 0.3) is 0 Å². The van der Waals surface area contributed by atoms with Crippen LogP contribution < -0.4 is 33.2 Å². The molecule has 0 aliphatic heterocycles. The second-order valence-electron chi connectivity index (χ2n) is 15.2. The average Bonchev–Trinajstić information content (AvgIpc) is 3.11. The summed E-state index contributed by atoms with van der Waals surface area (Å²) in [6.45, 7) is 5.91. The van der Waals surface area contributed by atoms with Gasteiger partial charge in [0.15, 0.2) is 11.6 Å². The summed E-state index contributed by atoms with van der Waals surface area (Å²) in [6.07, 6.45) is 12.2. The van der Waals surface area contributed by atoms with Crippen molar-refractivity contribution < 1.29 is 24.0 Å². The number of ketones is 2. The number of amides is 2. The minimum absolute atomic E-state index is 0.0150. The summed E-state index contributed by atoms with van der Waals surface area (Å²) in [4.78, 5) is 68.7. The van der Waals surface area contributed by atoms with E-state index in [9.17, 15) is 24.0 Å². The van der Waals surface area contributed by atoms with Gasteiger partial charge in [0.2, 0.25) is 11.8 Å². The van der Waals surface area contributed by atoms with Crippen LogP contribution in [0.4, 0.5) is 0 Å². The lowest BCUT2D eigenvalue weighted by Crippen LogP contribution is -2.66. The van der Waals surface area contributed by atoms with Crippen LogP contribution in [0.3, 0.4) is 0 Å². The van der Waals surface area contributed by atoms with Crippen LogP contribution in [0.2, 0.25) is 0 Å². The number of rotatable bonds is 21. The normalized spacial score (nSPS) is 20.1. The molecule has 0 bridgehead atoms. The Labute approximate surface area is 299 Å². The van der Waals surface area contributed by atoms with Crippen LogP contribution in [0.15, 0.2) is 30.3 Å². The zero-order chi connectivity index (χ0) is 36.7. The van der Waals surface area contributed by atoms with Crippen molar-refractivity contribution in [1.82, 2.24) is 16.0 Å². The van der Waals surface area contributed by atoms with Crippen LogP contribution >= 0.6 is 0 Å². The smallest absolute Gasteiger partial charge is 0.243 e. The average molecular weight is 697 g/mol. The Bertz CT molecular complexity index is 1230. The zero-order valence-corrected chi connectivity index (χ0v) is 30.7. The van der Waals surface area contributed by atoms with Gasteiger partial charge in [-0.15, -0.1) is 0 Å². The molecule has 2 aliphatic rings. The lowest BCUT2D eigenvalue weighted by Gasteiger charge is -2.40. The largest absolute Gasteiger partial charge is 0.345 e. The van der Waals surface area contributed by atoms with E-state index in [1.807, 2.05) is 44.2 Å². The van der Waals surface area contributed by atoms with Crippen LogP contribution in [0, 0.1) is 17.8 Å². The first kappa shape index (κ1) is 41.4. The van der Waals surface area contributed by atoms with Crippen molar-refractivity contribution in [3.8, 4) is 0 Å². The molecular weight excluding hydrogens is 632 g/mol. The maximum Gasteiger partial charge on any atom is 0.243 e. The first-order valence-electron chi connectivity index (χ1n) is 19.1. The molecule has 2 fully saturated rings.